The van der Waals surface area contributed by atoms with Crippen LogP contribution in [0.5, 0.6) is 0 Å². The molecular weight excluding hydrogens is 278 g/mol. The maximum Gasteiger partial charge on any atom is 0.0717 e. The van der Waals surface area contributed by atoms with Crippen molar-refractivity contribution >= 4 is 11.8 Å². The van der Waals surface area contributed by atoms with Crippen molar-refractivity contribution in [1.29, 1.82) is 0 Å². The van der Waals surface area contributed by atoms with Gasteiger partial charge in [-0.2, -0.15) is 0 Å². The van der Waals surface area contributed by atoms with Crippen molar-refractivity contribution in [2.24, 2.45) is 0 Å². The molecule has 2 aromatic rings. The molecule has 0 radical (unpaired) electrons. The normalized spacial score (nSPS) is 19.0. The van der Waals surface area contributed by atoms with Gasteiger partial charge in [-0.1, -0.05) is 23.8 Å². The molecule has 0 saturated heterocycles. The number of hydrogen-bond acceptors (Lipinski definition) is 3. The number of aromatic nitrogens is 1. The summed E-state index contributed by atoms with van der Waals surface area (Å²) < 4.78 is 0. The molecule has 0 bridgehead atoms. The SMILES string of the molecule is Cc1cccc(SCC(O)C2CCCc3cccnc32)c1. The van der Waals surface area contributed by atoms with Crippen LogP contribution in [0.3, 0.4) is 0 Å². The molecule has 1 N–H and O–H groups in total. The van der Waals surface area contributed by atoms with E-state index in [9.17, 15) is 5.11 Å². The number of nitrogens with zero attached hydrogens (tertiary/aromatic N) is 1. The Morgan fingerprint density at radius 1 is 1.33 bits per heavy atom. The third-order valence-corrected chi connectivity index (χ3v) is 5.21. The van der Waals surface area contributed by atoms with Crippen LogP contribution in [0, 0.1) is 6.92 Å². The van der Waals surface area contributed by atoms with Gasteiger partial charge in [-0.05, 0) is 49.9 Å². The number of aryl methyl sites for hydroxylation is 2. The second-order valence-corrected chi connectivity index (χ2v) is 6.83. The molecule has 0 aliphatic heterocycles. The van der Waals surface area contributed by atoms with Crippen LogP contribution in [0.25, 0.3) is 0 Å². The van der Waals surface area contributed by atoms with Crippen molar-refractivity contribution in [2.45, 2.75) is 43.1 Å². The van der Waals surface area contributed by atoms with E-state index in [1.54, 1.807) is 11.8 Å². The van der Waals surface area contributed by atoms with Crippen LogP contribution < -0.4 is 0 Å². The zero-order valence-corrected chi connectivity index (χ0v) is 13.1. The highest BCUT2D eigenvalue weighted by atomic mass is 32.2. The molecule has 21 heavy (non-hydrogen) atoms. The number of rotatable bonds is 4. The van der Waals surface area contributed by atoms with Crippen molar-refractivity contribution in [1.82, 2.24) is 4.98 Å². The van der Waals surface area contributed by atoms with E-state index in [1.165, 1.54) is 16.0 Å². The van der Waals surface area contributed by atoms with Crippen LogP contribution in [0.1, 0.15) is 35.6 Å². The summed E-state index contributed by atoms with van der Waals surface area (Å²) in [6.45, 7) is 2.10. The summed E-state index contributed by atoms with van der Waals surface area (Å²) in [5, 5.41) is 10.6. The lowest BCUT2D eigenvalue weighted by atomic mass is 9.84. The van der Waals surface area contributed by atoms with Crippen LogP contribution in [0.2, 0.25) is 0 Å². The maximum absolute atomic E-state index is 10.6. The zero-order chi connectivity index (χ0) is 14.7. The van der Waals surface area contributed by atoms with Gasteiger partial charge >= 0.3 is 0 Å². The Labute approximate surface area is 130 Å². The molecule has 1 aliphatic carbocycles. The van der Waals surface area contributed by atoms with Gasteiger partial charge in [-0.3, -0.25) is 4.98 Å². The molecule has 3 heteroatoms. The zero-order valence-electron chi connectivity index (χ0n) is 12.3. The summed E-state index contributed by atoms with van der Waals surface area (Å²) in [7, 11) is 0. The topological polar surface area (TPSA) is 33.1 Å². The smallest absolute Gasteiger partial charge is 0.0717 e. The molecule has 2 unspecified atom stereocenters. The van der Waals surface area contributed by atoms with E-state index in [2.05, 4.69) is 42.2 Å². The number of aliphatic hydroxyl groups excluding tert-OH is 1. The Hall–Kier alpha value is -1.32. The molecule has 2 atom stereocenters. The van der Waals surface area contributed by atoms with Gasteiger partial charge in [0, 0.05) is 28.5 Å². The molecule has 110 valence electrons. The lowest BCUT2D eigenvalue weighted by Gasteiger charge is -2.28. The lowest BCUT2D eigenvalue weighted by Crippen LogP contribution is -2.26. The Morgan fingerprint density at radius 2 is 2.24 bits per heavy atom. The molecule has 0 saturated carbocycles. The van der Waals surface area contributed by atoms with E-state index in [1.807, 2.05) is 12.3 Å². The van der Waals surface area contributed by atoms with E-state index >= 15 is 0 Å². The third-order valence-electron chi connectivity index (χ3n) is 4.11. The number of thioether (sulfide) groups is 1. The summed E-state index contributed by atoms with van der Waals surface area (Å²) in [5.41, 5.74) is 3.69. The van der Waals surface area contributed by atoms with E-state index < -0.39 is 0 Å². The highest BCUT2D eigenvalue weighted by molar-refractivity contribution is 7.99. The molecule has 0 amide bonds. The van der Waals surface area contributed by atoms with E-state index in [4.69, 9.17) is 0 Å². The van der Waals surface area contributed by atoms with Crippen molar-refractivity contribution in [3.05, 3.63) is 59.4 Å². The van der Waals surface area contributed by atoms with E-state index in [-0.39, 0.29) is 12.0 Å². The van der Waals surface area contributed by atoms with Gasteiger partial charge < -0.3 is 5.11 Å². The van der Waals surface area contributed by atoms with Gasteiger partial charge in [0.25, 0.3) is 0 Å². The predicted molar refractivity (Wildman–Crippen MR) is 87.8 cm³/mol. The van der Waals surface area contributed by atoms with Crippen molar-refractivity contribution in [3.63, 3.8) is 0 Å². The Kier molecular flexibility index (Phi) is 4.61. The highest BCUT2D eigenvalue weighted by Crippen LogP contribution is 2.34. The van der Waals surface area contributed by atoms with Gasteiger partial charge in [0.05, 0.1) is 6.10 Å². The standard InChI is InChI=1S/C18H21NOS/c1-13-5-2-8-15(11-13)21-12-17(20)16-9-3-6-14-7-4-10-19-18(14)16/h2,4-5,7-8,10-11,16-17,20H,3,6,9,12H2,1H3. The van der Waals surface area contributed by atoms with Crippen LogP contribution >= 0.6 is 11.8 Å². The molecular formula is C18H21NOS. The second-order valence-electron chi connectivity index (χ2n) is 5.74. The molecule has 1 aliphatic rings. The molecule has 2 nitrogen and oxygen atoms in total. The first-order chi connectivity index (χ1) is 10.2. The number of hydrogen-bond donors (Lipinski definition) is 1. The first-order valence-corrected chi connectivity index (χ1v) is 8.54. The van der Waals surface area contributed by atoms with Gasteiger partial charge in [-0.15, -0.1) is 11.8 Å². The Bertz CT molecular complexity index is 614. The molecule has 1 aromatic carbocycles. The summed E-state index contributed by atoms with van der Waals surface area (Å²) in [5.74, 6) is 0.914. The van der Waals surface area contributed by atoms with Crippen LogP contribution in [-0.2, 0) is 6.42 Å². The predicted octanol–water partition coefficient (Wildman–Crippen LogP) is 3.96. The lowest BCUT2D eigenvalue weighted by molar-refractivity contribution is 0.155. The van der Waals surface area contributed by atoms with Crippen molar-refractivity contribution in [3.8, 4) is 0 Å². The van der Waals surface area contributed by atoms with Crippen LogP contribution in [0.15, 0.2) is 47.5 Å². The quantitative estimate of drug-likeness (QED) is 0.867. The Morgan fingerprint density at radius 3 is 3.10 bits per heavy atom. The molecule has 0 fully saturated rings. The first kappa shape index (κ1) is 14.6. The number of fused-ring (bicyclic) bond motifs is 1. The maximum atomic E-state index is 10.6. The summed E-state index contributed by atoms with van der Waals surface area (Å²) in [6, 6.07) is 12.6. The van der Waals surface area contributed by atoms with Crippen LogP contribution in [0.4, 0.5) is 0 Å². The fourth-order valence-corrected chi connectivity index (χ4v) is 4.06. The minimum atomic E-state index is -0.329. The number of benzene rings is 1. The average molecular weight is 299 g/mol. The first-order valence-electron chi connectivity index (χ1n) is 7.55. The van der Waals surface area contributed by atoms with Gasteiger partial charge in [0.15, 0.2) is 0 Å². The summed E-state index contributed by atoms with van der Waals surface area (Å²) >= 11 is 1.73. The van der Waals surface area contributed by atoms with Crippen molar-refractivity contribution in [2.75, 3.05) is 5.75 Å². The van der Waals surface area contributed by atoms with Gasteiger partial charge in [-0.25, -0.2) is 0 Å². The Balaban J connectivity index is 1.67. The molecule has 0 spiro atoms. The average Bonchev–Trinajstić information content (AvgIpc) is 2.52. The molecule has 3 rings (SSSR count). The molecule has 1 aromatic heterocycles. The van der Waals surface area contributed by atoms with Gasteiger partial charge in [0.1, 0.15) is 0 Å². The fourth-order valence-electron chi connectivity index (χ4n) is 3.02. The second kappa shape index (κ2) is 6.63. The fraction of sp³-hybridized carbons (Fsp3) is 0.389. The van der Waals surface area contributed by atoms with Crippen LogP contribution in [-0.4, -0.2) is 21.9 Å². The summed E-state index contributed by atoms with van der Waals surface area (Å²) in [6.07, 6.45) is 4.80. The largest absolute Gasteiger partial charge is 0.392 e. The number of pyridine rings is 1. The van der Waals surface area contributed by atoms with Crippen molar-refractivity contribution < 1.29 is 5.11 Å². The monoisotopic (exact) mass is 299 g/mol. The van der Waals surface area contributed by atoms with Gasteiger partial charge in [0.2, 0.25) is 0 Å². The minimum Gasteiger partial charge on any atom is -0.392 e. The number of aliphatic hydroxyl groups is 1. The minimum absolute atomic E-state index is 0.187. The summed E-state index contributed by atoms with van der Waals surface area (Å²) in [4.78, 5) is 5.75. The molecule has 1 heterocycles. The van der Waals surface area contributed by atoms with E-state index in [0.29, 0.717) is 0 Å². The van der Waals surface area contributed by atoms with E-state index in [0.717, 1.165) is 30.7 Å². The third kappa shape index (κ3) is 3.47. The highest BCUT2D eigenvalue weighted by Gasteiger charge is 2.27.